The quantitative estimate of drug-likeness (QED) is 0.494. The molecule has 166 valence electrons. The van der Waals surface area contributed by atoms with Gasteiger partial charge < -0.3 is 5.32 Å². The normalized spacial score (nSPS) is 15.2. The second kappa shape index (κ2) is 10.7. The van der Waals surface area contributed by atoms with Crippen LogP contribution in [0.5, 0.6) is 0 Å². The number of halogens is 1. The fourth-order valence-corrected chi connectivity index (χ4v) is 5.13. The van der Waals surface area contributed by atoms with E-state index in [1.165, 1.54) is 17.8 Å². The predicted octanol–water partition coefficient (Wildman–Crippen LogP) is 5.56. The molecule has 0 saturated heterocycles. The second-order valence-electron chi connectivity index (χ2n) is 8.00. The third-order valence-electron chi connectivity index (χ3n) is 5.77. The molecule has 2 amide bonds. The first-order valence-corrected chi connectivity index (χ1v) is 12.2. The fraction of sp³-hybridized carbons (Fsp3) is 0.320. The van der Waals surface area contributed by atoms with E-state index in [0.717, 1.165) is 30.6 Å². The summed E-state index contributed by atoms with van der Waals surface area (Å²) in [5, 5.41) is 5.58. The van der Waals surface area contributed by atoms with Crippen molar-refractivity contribution >= 4 is 40.4 Å². The Labute approximate surface area is 197 Å². The van der Waals surface area contributed by atoms with Crippen LogP contribution in [0.1, 0.15) is 48.6 Å². The molecule has 1 fully saturated rings. The van der Waals surface area contributed by atoms with Crippen LogP contribution in [0.15, 0.2) is 66.3 Å². The summed E-state index contributed by atoms with van der Waals surface area (Å²) in [5.74, 6) is -0.372. The Balaban J connectivity index is 1.74. The van der Waals surface area contributed by atoms with Crippen molar-refractivity contribution < 1.29 is 9.59 Å². The van der Waals surface area contributed by atoms with E-state index in [1.54, 1.807) is 41.6 Å². The van der Waals surface area contributed by atoms with Crippen molar-refractivity contribution in [2.75, 3.05) is 4.90 Å². The van der Waals surface area contributed by atoms with Gasteiger partial charge in [-0.2, -0.15) is 0 Å². The first-order chi connectivity index (χ1) is 15.6. The van der Waals surface area contributed by atoms with Gasteiger partial charge in [-0.1, -0.05) is 49.1 Å². The molecule has 1 aliphatic rings. The number of rotatable bonds is 7. The number of carbonyl (C=O) groups excluding carboxylic acids is 2. The molecule has 4 rings (SSSR count). The van der Waals surface area contributed by atoms with E-state index in [1.807, 2.05) is 29.6 Å². The van der Waals surface area contributed by atoms with Crippen LogP contribution in [0.25, 0.3) is 0 Å². The average molecular weight is 468 g/mol. The van der Waals surface area contributed by atoms with Crippen molar-refractivity contribution in [2.24, 2.45) is 0 Å². The number of carbonyl (C=O) groups is 2. The highest BCUT2D eigenvalue weighted by molar-refractivity contribution is 7.10. The maximum atomic E-state index is 13.7. The lowest BCUT2D eigenvalue weighted by atomic mass is 9.94. The summed E-state index contributed by atoms with van der Waals surface area (Å²) in [4.78, 5) is 33.9. The summed E-state index contributed by atoms with van der Waals surface area (Å²) in [5.41, 5.74) is 1.23. The molecule has 2 heterocycles. The molecular formula is C25H26ClN3O2S. The number of amides is 2. The number of aromatic nitrogens is 1. The van der Waals surface area contributed by atoms with Gasteiger partial charge in [-0.05, 0) is 54.1 Å². The van der Waals surface area contributed by atoms with Gasteiger partial charge in [0.05, 0.1) is 17.1 Å². The molecule has 1 atom stereocenters. The molecule has 7 heteroatoms. The van der Waals surface area contributed by atoms with E-state index < -0.39 is 6.04 Å². The molecule has 0 aliphatic heterocycles. The van der Waals surface area contributed by atoms with Crippen LogP contribution in [0, 0.1) is 0 Å². The Hall–Kier alpha value is -2.70. The minimum atomic E-state index is -0.840. The van der Waals surface area contributed by atoms with Gasteiger partial charge in [0, 0.05) is 23.3 Å². The van der Waals surface area contributed by atoms with Crippen LogP contribution in [-0.4, -0.2) is 22.8 Å². The topological polar surface area (TPSA) is 62.3 Å². The monoisotopic (exact) mass is 467 g/mol. The molecule has 3 aromatic rings. The van der Waals surface area contributed by atoms with Crippen molar-refractivity contribution in [3.63, 3.8) is 0 Å². The van der Waals surface area contributed by atoms with Crippen LogP contribution >= 0.6 is 22.9 Å². The molecule has 1 saturated carbocycles. The Morgan fingerprint density at radius 3 is 2.50 bits per heavy atom. The van der Waals surface area contributed by atoms with Crippen LogP contribution in [0.3, 0.4) is 0 Å². The first kappa shape index (κ1) is 22.5. The fourth-order valence-electron chi connectivity index (χ4n) is 4.20. The number of para-hydroxylation sites is 1. The summed E-state index contributed by atoms with van der Waals surface area (Å²) >= 11 is 8.06. The summed E-state index contributed by atoms with van der Waals surface area (Å²) in [6, 6.07) is 13.9. The SMILES string of the molecule is O=C(NC1CCCCC1)[C@@H](c1ccncc1)N(C(=O)Cc1cccs1)c1ccccc1Cl. The van der Waals surface area contributed by atoms with Crippen molar-refractivity contribution in [2.45, 2.75) is 50.6 Å². The maximum absolute atomic E-state index is 13.7. The zero-order valence-corrected chi connectivity index (χ0v) is 19.3. The van der Waals surface area contributed by atoms with Crippen molar-refractivity contribution in [3.8, 4) is 0 Å². The molecule has 1 aromatic carbocycles. The maximum Gasteiger partial charge on any atom is 0.248 e. The molecule has 2 aromatic heterocycles. The highest BCUT2D eigenvalue weighted by Gasteiger charge is 2.35. The minimum absolute atomic E-state index is 0.126. The standard InChI is InChI=1S/C25H26ClN3O2S/c26-21-10-4-5-11-22(21)29(23(30)17-20-9-6-16-32-20)24(18-12-14-27-15-13-18)25(31)28-19-7-2-1-3-8-19/h4-6,9-16,19,24H,1-3,7-8,17H2,(H,28,31)/t24-/m1/s1. The van der Waals surface area contributed by atoms with E-state index in [0.29, 0.717) is 16.3 Å². The van der Waals surface area contributed by atoms with Gasteiger partial charge in [0.1, 0.15) is 6.04 Å². The van der Waals surface area contributed by atoms with Crippen LogP contribution < -0.4 is 10.2 Å². The molecule has 0 spiro atoms. The highest BCUT2D eigenvalue weighted by Crippen LogP contribution is 2.34. The summed E-state index contributed by atoms with van der Waals surface area (Å²) in [6.07, 6.45) is 8.82. The number of hydrogen-bond donors (Lipinski definition) is 1. The number of pyridine rings is 1. The highest BCUT2D eigenvalue weighted by atomic mass is 35.5. The van der Waals surface area contributed by atoms with Gasteiger partial charge in [-0.25, -0.2) is 0 Å². The van der Waals surface area contributed by atoms with Crippen LogP contribution in [-0.2, 0) is 16.0 Å². The van der Waals surface area contributed by atoms with E-state index in [4.69, 9.17) is 11.6 Å². The molecule has 5 nitrogen and oxygen atoms in total. The van der Waals surface area contributed by atoms with Gasteiger partial charge in [0.15, 0.2) is 0 Å². The third kappa shape index (κ3) is 5.37. The van der Waals surface area contributed by atoms with Gasteiger partial charge in [0.25, 0.3) is 0 Å². The molecular weight excluding hydrogens is 442 g/mol. The van der Waals surface area contributed by atoms with Crippen molar-refractivity contribution in [1.29, 1.82) is 0 Å². The lowest BCUT2D eigenvalue weighted by Crippen LogP contribution is -2.47. The number of hydrogen-bond acceptors (Lipinski definition) is 4. The Kier molecular flexibility index (Phi) is 7.55. The van der Waals surface area contributed by atoms with Crippen LogP contribution in [0.2, 0.25) is 5.02 Å². The van der Waals surface area contributed by atoms with Gasteiger partial charge in [-0.3, -0.25) is 19.5 Å². The number of nitrogens with one attached hydrogen (secondary N) is 1. The van der Waals surface area contributed by atoms with Gasteiger partial charge in [-0.15, -0.1) is 11.3 Å². The van der Waals surface area contributed by atoms with E-state index in [2.05, 4.69) is 10.3 Å². The number of benzene rings is 1. The zero-order chi connectivity index (χ0) is 22.3. The Morgan fingerprint density at radius 1 is 1.06 bits per heavy atom. The number of anilines is 1. The summed E-state index contributed by atoms with van der Waals surface area (Å²) < 4.78 is 0. The Morgan fingerprint density at radius 2 is 1.81 bits per heavy atom. The predicted molar refractivity (Wildman–Crippen MR) is 129 cm³/mol. The molecule has 1 aliphatic carbocycles. The van der Waals surface area contributed by atoms with Gasteiger partial charge in [0.2, 0.25) is 11.8 Å². The molecule has 0 unspecified atom stereocenters. The third-order valence-corrected chi connectivity index (χ3v) is 6.96. The minimum Gasteiger partial charge on any atom is -0.351 e. The summed E-state index contributed by atoms with van der Waals surface area (Å²) in [7, 11) is 0. The van der Waals surface area contributed by atoms with E-state index >= 15 is 0 Å². The largest absolute Gasteiger partial charge is 0.351 e. The number of nitrogens with zero attached hydrogens (tertiary/aromatic N) is 2. The summed E-state index contributed by atoms with van der Waals surface area (Å²) in [6.45, 7) is 0. The molecule has 0 bridgehead atoms. The smallest absolute Gasteiger partial charge is 0.248 e. The van der Waals surface area contributed by atoms with E-state index in [-0.39, 0.29) is 24.3 Å². The molecule has 0 radical (unpaired) electrons. The first-order valence-electron chi connectivity index (χ1n) is 10.9. The second-order valence-corrected chi connectivity index (χ2v) is 9.44. The van der Waals surface area contributed by atoms with Crippen molar-refractivity contribution in [1.82, 2.24) is 10.3 Å². The molecule has 32 heavy (non-hydrogen) atoms. The van der Waals surface area contributed by atoms with E-state index in [9.17, 15) is 9.59 Å². The van der Waals surface area contributed by atoms with Crippen LogP contribution in [0.4, 0.5) is 5.69 Å². The molecule has 1 N–H and O–H groups in total. The van der Waals surface area contributed by atoms with Gasteiger partial charge >= 0.3 is 0 Å². The van der Waals surface area contributed by atoms with Crippen molar-refractivity contribution in [3.05, 3.63) is 81.8 Å². The number of thiophene rings is 1. The Bertz CT molecular complexity index is 1040. The lowest BCUT2D eigenvalue weighted by molar-refractivity contribution is -0.127. The lowest BCUT2D eigenvalue weighted by Gasteiger charge is -2.34. The zero-order valence-electron chi connectivity index (χ0n) is 17.7. The average Bonchev–Trinajstić information content (AvgIpc) is 3.32.